The highest BCUT2D eigenvalue weighted by Crippen LogP contribution is 2.34. The molecule has 0 saturated heterocycles. The van der Waals surface area contributed by atoms with Crippen LogP contribution in [0, 0.1) is 6.92 Å². The molecule has 0 spiro atoms. The molecule has 0 unspecified atom stereocenters. The lowest BCUT2D eigenvalue weighted by Crippen LogP contribution is -2.13. The average molecular weight is 343 g/mol. The summed E-state index contributed by atoms with van der Waals surface area (Å²) in [6.07, 6.45) is 0.820. The molecular weight excluding hydrogens is 322 g/mol. The third-order valence-electron chi connectivity index (χ3n) is 3.99. The summed E-state index contributed by atoms with van der Waals surface area (Å²) in [4.78, 5) is 12.6. The van der Waals surface area contributed by atoms with Crippen molar-refractivity contribution in [3.05, 3.63) is 41.5 Å². The maximum Gasteiger partial charge on any atom is 0.255 e. The predicted octanol–water partition coefficient (Wildman–Crippen LogP) is 3.43. The van der Waals surface area contributed by atoms with E-state index in [1.807, 2.05) is 13.0 Å². The topological polar surface area (TPSA) is 66.0 Å². The van der Waals surface area contributed by atoms with Gasteiger partial charge in [0.05, 0.1) is 27.4 Å². The number of fused-ring (bicyclic) bond motifs is 1. The summed E-state index contributed by atoms with van der Waals surface area (Å²) in [7, 11) is 3.13. The normalized spacial score (nSPS) is 12.9. The second kappa shape index (κ2) is 7.34. The Morgan fingerprint density at radius 3 is 2.40 bits per heavy atom. The molecule has 0 saturated carbocycles. The van der Waals surface area contributed by atoms with Gasteiger partial charge >= 0.3 is 0 Å². The van der Waals surface area contributed by atoms with Crippen LogP contribution in [0.1, 0.15) is 22.3 Å². The molecule has 6 nitrogen and oxygen atoms in total. The van der Waals surface area contributed by atoms with E-state index in [1.54, 1.807) is 38.5 Å². The monoisotopic (exact) mass is 343 g/mol. The Morgan fingerprint density at radius 2 is 1.68 bits per heavy atom. The number of carbonyl (C=O) groups excluding carboxylic acids is 1. The fourth-order valence-electron chi connectivity index (χ4n) is 2.61. The van der Waals surface area contributed by atoms with Gasteiger partial charge in [0.25, 0.3) is 5.91 Å². The smallest absolute Gasteiger partial charge is 0.255 e. The molecule has 1 heterocycles. The fourth-order valence-corrected chi connectivity index (χ4v) is 2.61. The molecular formula is C19H21NO5. The van der Waals surface area contributed by atoms with Crippen LogP contribution in [0.15, 0.2) is 30.3 Å². The average Bonchev–Trinajstić information content (AvgIpc) is 2.87. The van der Waals surface area contributed by atoms with E-state index in [0.29, 0.717) is 47.5 Å². The van der Waals surface area contributed by atoms with Crippen molar-refractivity contribution in [3.63, 3.8) is 0 Å². The van der Waals surface area contributed by atoms with Crippen molar-refractivity contribution in [1.29, 1.82) is 0 Å². The molecule has 1 amide bonds. The molecule has 0 radical (unpaired) electrons. The summed E-state index contributed by atoms with van der Waals surface area (Å²) < 4.78 is 21.8. The fraction of sp³-hybridized carbons (Fsp3) is 0.316. The van der Waals surface area contributed by atoms with Crippen molar-refractivity contribution in [2.75, 3.05) is 32.8 Å². The third kappa shape index (κ3) is 3.63. The summed E-state index contributed by atoms with van der Waals surface area (Å²) in [5, 5.41) is 2.90. The summed E-state index contributed by atoms with van der Waals surface area (Å²) in [6, 6.07) is 8.75. The number of carbonyl (C=O) groups is 1. The van der Waals surface area contributed by atoms with Gasteiger partial charge in [-0.15, -0.1) is 0 Å². The lowest BCUT2D eigenvalue weighted by Gasteiger charge is -2.14. The van der Waals surface area contributed by atoms with E-state index in [9.17, 15) is 4.79 Å². The molecule has 1 aliphatic rings. The number of hydrogen-bond acceptors (Lipinski definition) is 5. The highest BCUT2D eigenvalue weighted by molar-refractivity contribution is 6.05. The first-order valence-corrected chi connectivity index (χ1v) is 8.06. The van der Waals surface area contributed by atoms with E-state index in [1.165, 1.54) is 0 Å². The van der Waals surface area contributed by atoms with E-state index in [-0.39, 0.29) is 5.91 Å². The van der Waals surface area contributed by atoms with Crippen molar-refractivity contribution in [3.8, 4) is 23.0 Å². The summed E-state index contributed by atoms with van der Waals surface area (Å²) in [5.74, 6) is 2.20. The van der Waals surface area contributed by atoms with E-state index in [2.05, 4.69) is 5.32 Å². The van der Waals surface area contributed by atoms with Gasteiger partial charge in [-0.1, -0.05) is 0 Å². The zero-order valence-corrected chi connectivity index (χ0v) is 14.5. The molecule has 6 heteroatoms. The molecule has 25 heavy (non-hydrogen) atoms. The molecule has 0 aromatic heterocycles. The molecule has 2 aromatic carbocycles. The Kier molecular flexibility index (Phi) is 4.97. The highest BCUT2D eigenvalue weighted by Gasteiger charge is 2.16. The van der Waals surface area contributed by atoms with Crippen molar-refractivity contribution in [2.45, 2.75) is 13.3 Å². The zero-order chi connectivity index (χ0) is 17.8. The Morgan fingerprint density at radius 1 is 1.00 bits per heavy atom. The van der Waals surface area contributed by atoms with Crippen LogP contribution in [0.5, 0.6) is 23.0 Å². The lowest BCUT2D eigenvalue weighted by atomic mass is 10.1. The number of methoxy groups -OCH3 is 2. The van der Waals surface area contributed by atoms with Gasteiger partial charge in [0.15, 0.2) is 23.0 Å². The Hall–Kier alpha value is -2.89. The van der Waals surface area contributed by atoms with Gasteiger partial charge in [-0.2, -0.15) is 0 Å². The van der Waals surface area contributed by atoms with Crippen molar-refractivity contribution >= 4 is 11.6 Å². The largest absolute Gasteiger partial charge is 0.493 e. The minimum Gasteiger partial charge on any atom is -0.493 e. The van der Waals surface area contributed by atoms with Gasteiger partial charge in [0, 0.05) is 23.7 Å². The number of ether oxygens (including phenoxy) is 4. The van der Waals surface area contributed by atoms with E-state index in [0.717, 1.165) is 12.0 Å². The first-order chi connectivity index (χ1) is 12.1. The van der Waals surface area contributed by atoms with Crippen LogP contribution in [0.2, 0.25) is 0 Å². The number of anilines is 1. The quantitative estimate of drug-likeness (QED) is 0.921. The summed E-state index contributed by atoms with van der Waals surface area (Å²) in [5.41, 5.74) is 2.04. The van der Waals surface area contributed by atoms with Gasteiger partial charge in [0.2, 0.25) is 0 Å². The standard InChI is InChI=1S/C19H21NO5/c1-12-9-16(22-2)17(23-3)11-14(12)20-19(21)13-5-6-15-18(10-13)25-8-4-7-24-15/h5-6,9-11H,4,7-8H2,1-3H3,(H,20,21). The number of aryl methyl sites for hydroxylation is 1. The minimum atomic E-state index is -0.231. The molecule has 132 valence electrons. The molecule has 1 N–H and O–H groups in total. The van der Waals surface area contributed by atoms with Gasteiger partial charge < -0.3 is 24.3 Å². The van der Waals surface area contributed by atoms with E-state index in [4.69, 9.17) is 18.9 Å². The number of amides is 1. The predicted molar refractivity (Wildman–Crippen MR) is 94.3 cm³/mol. The highest BCUT2D eigenvalue weighted by atomic mass is 16.5. The third-order valence-corrected chi connectivity index (χ3v) is 3.99. The van der Waals surface area contributed by atoms with Gasteiger partial charge in [-0.05, 0) is 36.8 Å². The Labute approximate surface area is 146 Å². The van der Waals surface area contributed by atoms with Crippen molar-refractivity contribution in [2.24, 2.45) is 0 Å². The zero-order valence-electron chi connectivity index (χ0n) is 14.5. The number of nitrogens with one attached hydrogen (secondary N) is 1. The molecule has 0 bridgehead atoms. The van der Waals surface area contributed by atoms with Crippen LogP contribution in [0.25, 0.3) is 0 Å². The number of hydrogen-bond donors (Lipinski definition) is 1. The Bertz CT molecular complexity index is 788. The van der Waals surface area contributed by atoms with Gasteiger partial charge in [-0.25, -0.2) is 0 Å². The minimum absolute atomic E-state index is 0.231. The number of rotatable bonds is 4. The van der Waals surface area contributed by atoms with Gasteiger partial charge in [-0.3, -0.25) is 4.79 Å². The van der Waals surface area contributed by atoms with Crippen LogP contribution in [-0.2, 0) is 0 Å². The van der Waals surface area contributed by atoms with Crippen LogP contribution in [0.3, 0.4) is 0 Å². The molecule has 2 aromatic rings. The maximum atomic E-state index is 12.6. The Balaban J connectivity index is 1.84. The second-order valence-electron chi connectivity index (χ2n) is 5.69. The van der Waals surface area contributed by atoms with Gasteiger partial charge in [0.1, 0.15) is 0 Å². The number of benzene rings is 2. The van der Waals surface area contributed by atoms with Crippen LogP contribution < -0.4 is 24.3 Å². The first kappa shape index (κ1) is 17.0. The summed E-state index contributed by atoms with van der Waals surface area (Å²) >= 11 is 0. The van der Waals surface area contributed by atoms with Crippen LogP contribution in [0.4, 0.5) is 5.69 Å². The SMILES string of the molecule is COc1cc(C)c(NC(=O)c2ccc3c(c2)OCCCO3)cc1OC. The van der Waals surface area contributed by atoms with Crippen LogP contribution >= 0.6 is 0 Å². The van der Waals surface area contributed by atoms with Crippen LogP contribution in [-0.4, -0.2) is 33.3 Å². The van der Waals surface area contributed by atoms with Crippen molar-refractivity contribution < 1.29 is 23.7 Å². The summed E-state index contributed by atoms with van der Waals surface area (Å²) in [6.45, 7) is 3.09. The first-order valence-electron chi connectivity index (χ1n) is 8.06. The lowest BCUT2D eigenvalue weighted by molar-refractivity contribution is 0.102. The molecule has 0 atom stereocenters. The van der Waals surface area contributed by atoms with E-state index >= 15 is 0 Å². The molecule has 1 aliphatic heterocycles. The maximum absolute atomic E-state index is 12.6. The van der Waals surface area contributed by atoms with Crippen molar-refractivity contribution in [1.82, 2.24) is 0 Å². The molecule has 0 fully saturated rings. The molecule has 0 aliphatic carbocycles. The van der Waals surface area contributed by atoms with E-state index < -0.39 is 0 Å². The molecule has 3 rings (SSSR count). The second-order valence-corrected chi connectivity index (χ2v) is 5.69.